The summed E-state index contributed by atoms with van der Waals surface area (Å²) in [4.78, 5) is 9.86. The van der Waals surface area contributed by atoms with Gasteiger partial charge in [0.2, 0.25) is 0 Å². The highest BCUT2D eigenvalue weighted by molar-refractivity contribution is 5.70. The van der Waals surface area contributed by atoms with Crippen molar-refractivity contribution in [2.45, 2.75) is 6.92 Å². The van der Waals surface area contributed by atoms with Gasteiger partial charge in [-0.3, -0.25) is 0 Å². The highest BCUT2D eigenvalue weighted by atomic mass is 16.2. The number of rotatable bonds is 2. The zero-order valence-corrected chi connectivity index (χ0v) is 4.82. The molecule has 2 N–H and O–H groups in total. The molecule has 8 heavy (non-hydrogen) atoms. The average Bonchev–Trinajstić information content (AvgIpc) is 1.61. The van der Waals surface area contributed by atoms with Crippen LogP contribution in [0.25, 0.3) is 0 Å². The van der Waals surface area contributed by atoms with Gasteiger partial charge >= 0.3 is 6.03 Å². The molecule has 0 atom stereocenters. The third-order valence-electron chi connectivity index (χ3n) is 0.551. The largest absolute Gasteiger partial charge is 0.333 e. The number of carbonyl (C=O) groups is 1. The molecule has 0 heterocycles. The molecule has 2 amide bonds. The van der Waals surface area contributed by atoms with Crippen molar-refractivity contribution >= 4 is 6.03 Å². The maximum absolute atomic E-state index is 9.86. The summed E-state index contributed by atoms with van der Waals surface area (Å²) in [5.41, 5.74) is 7.23. The molecule has 0 aromatic heterocycles. The maximum Gasteiger partial charge on any atom is 0.333 e. The predicted molar refractivity (Wildman–Crippen MR) is 31.3 cm³/mol. The third-order valence-corrected chi connectivity index (χ3v) is 0.551. The lowest BCUT2D eigenvalue weighted by Crippen LogP contribution is -2.23. The second-order valence-corrected chi connectivity index (χ2v) is 1.64. The third kappa shape index (κ3) is 5.01. The summed E-state index contributed by atoms with van der Waals surface area (Å²) in [5, 5.41) is 2.27. The quantitative estimate of drug-likeness (QED) is 0.522. The Labute approximate surface area is 48.6 Å². The Bertz CT molecular complexity index is 95.0. The molecule has 0 aliphatic heterocycles. The van der Waals surface area contributed by atoms with Crippen LogP contribution in [-0.2, 0) is 0 Å². The Morgan fingerprint density at radius 1 is 1.88 bits per heavy atom. The van der Waals surface area contributed by atoms with Gasteiger partial charge in [-0.05, 0) is 6.92 Å². The molecule has 45 valence electrons. The van der Waals surface area contributed by atoms with Crippen molar-refractivity contribution in [1.29, 1.82) is 0 Å². The highest BCUT2D eigenvalue weighted by Gasteiger charge is 1.88. The van der Waals surface area contributed by atoms with Crippen molar-refractivity contribution in [3.8, 4) is 0 Å². The SMILES string of the molecule is C=C(C)CNC([NH])=O. The first-order valence-corrected chi connectivity index (χ1v) is 2.26. The van der Waals surface area contributed by atoms with Crippen LogP contribution in [0, 0.1) is 0 Å². The summed E-state index contributed by atoms with van der Waals surface area (Å²) in [6.07, 6.45) is 0. The van der Waals surface area contributed by atoms with Crippen LogP contribution in [0.5, 0.6) is 0 Å². The summed E-state index contributed by atoms with van der Waals surface area (Å²) >= 11 is 0. The minimum Gasteiger partial charge on any atom is -0.333 e. The lowest BCUT2D eigenvalue weighted by molar-refractivity contribution is 0.248. The minimum absolute atomic E-state index is 0.405. The van der Waals surface area contributed by atoms with Gasteiger partial charge in [0.25, 0.3) is 0 Å². The molecule has 0 aliphatic carbocycles. The number of hydrogen-bond acceptors (Lipinski definition) is 1. The molecular formula is C5H9N2O. The van der Waals surface area contributed by atoms with Gasteiger partial charge in [-0.1, -0.05) is 12.2 Å². The smallest absolute Gasteiger partial charge is 0.333 e. The van der Waals surface area contributed by atoms with E-state index in [1.54, 1.807) is 6.92 Å². The summed E-state index contributed by atoms with van der Waals surface area (Å²) < 4.78 is 0. The zero-order chi connectivity index (χ0) is 6.57. The number of hydrogen-bond donors (Lipinski definition) is 1. The molecular weight excluding hydrogens is 104 g/mol. The topological polar surface area (TPSA) is 52.9 Å². The molecule has 0 aromatic carbocycles. The van der Waals surface area contributed by atoms with E-state index in [0.29, 0.717) is 6.54 Å². The van der Waals surface area contributed by atoms with Crippen molar-refractivity contribution in [2.24, 2.45) is 0 Å². The first kappa shape index (κ1) is 7.01. The Morgan fingerprint density at radius 3 is 2.50 bits per heavy atom. The molecule has 0 saturated carbocycles. The van der Waals surface area contributed by atoms with Crippen LogP contribution >= 0.6 is 0 Å². The van der Waals surface area contributed by atoms with Crippen molar-refractivity contribution in [1.82, 2.24) is 11.1 Å². The van der Waals surface area contributed by atoms with Crippen molar-refractivity contribution < 1.29 is 4.79 Å². The molecule has 0 rings (SSSR count). The van der Waals surface area contributed by atoms with Crippen LogP contribution in [-0.4, -0.2) is 12.6 Å². The van der Waals surface area contributed by atoms with E-state index in [2.05, 4.69) is 11.9 Å². The van der Waals surface area contributed by atoms with Crippen molar-refractivity contribution in [3.05, 3.63) is 12.2 Å². The van der Waals surface area contributed by atoms with Gasteiger partial charge in [0.15, 0.2) is 0 Å². The van der Waals surface area contributed by atoms with Crippen LogP contribution < -0.4 is 11.1 Å². The molecule has 0 aliphatic rings. The van der Waals surface area contributed by atoms with Crippen LogP contribution in [0.3, 0.4) is 0 Å². The summed E-state index contributed by atoms with van der Waals surface area (Å²) in [6.45, 7) is 5.72. The minimum atomic E-state index is -0.756. The van der Waals surface area contributed by atoms with Crippen LogP contribution in [0.4, 0.5) is 4.79 Å². The van der Waals surface area contributed by atoms with Crippen LogP contribution in [0.2, 0.25) is 0 Å². The van der Waals surface area contributed by atoms with Gasteiger partial charge < -0.3 is 5.32 Å². The standard InChI is InChI=1S/C5H9N2O/c1-4(2)3-7-5(6)8/h6H,1,3H2,2H3,(H,7,8). The summed E-state index contributed by atoms with van der Waals surface area (Å²) in [7, 11) is 0. The molecule has 0 spiro atoms. The number of nitrogens with one attached hydrogen (secondary N) is 2. The van der Waals surface area contributed by atoms with E-state index in [-0.39, 0.29) is 0 Å². The van der Waals surface area contributed by atoms with E-state index in [4.69, 9.17) is 5.73 Å². The van der Waals surface area contributed by atoms with E-state index in [0.717, 1.165) is 5.57 Å². The Kier molecular flexibility index (Phi) is 2.69. The fourth-order valence-electron chi connectivity index (χ4n) is 0.231. The fourth-order valence-corrected chi connectivity index (χ4v) is 0.231. The van der Waals surface area contributed by atoms with E-state index >= 15 is 0 Å². The summed E-state index contributed by atoms with van der Waals surface area (Å²) in [5.74, 6) is 0. The average molecular weight is 113 g/mol. The molecule has 3 heteroatoms. The van der Waals surface area contributed by atoms with E-state index < -0.39 is 6.03 Å². The molecule has 0 fully saturated rings. The first-order chi connectivity index (χ1) is 3.63. The normalized spacial score (nSPS) is 8.12. The van der Waals surface area contributed by atoms with Crippen LogP contribution in [0.15, 0.2) is 12.2 Å². The van der Waals surface area contributed by atoms with E-state index in [9.17, 15) is 4.79 Å². The Balaban J connectivity index is 3.18. The fraction of sp³-hybridized carbons (Fsp3) is 0.400. The van der Waals surface area contributed by atoms with Gasteiger partial charge in [0.1, 0.15) is 0 Å². The zero-order valence-electron chi connectivity index (χ0n) is 4.82. The molecule has 0 saturated heterocycles. The summed E-state index contributed by atoms with van der Waals surface area (Å²) in [6, 6.07) is -0.756. The molecule has 0 aromatic rings. The molecule has 0 bridgehead atoms. The van der Waals surface area contributed by atoms with Gasteiger partial charge in [-0.2, -0.15) is 0 Å². The van der Waals surface area contributed by atoms with Crippen LogP contribution in [0.1, 0.15) is 6.92 Å². The van der Waals surface area contributed by atoms with Crippen molar-refractivity contribution in [2.75, 3.05) is 6.54 Å². The highest BCUT2D eigenvalue weighted by Crippen LogP contribution is 1.79. The van der Waals surface area contributed by atoms with Gasteiger partial charge in [-0.25, -0.2) is 10.5 Å². The van der Waals surface area contributed by atoms with Gasteiger partial charge in [0.05, 0.1) is 0 Å². The maximum atomic E-state index is 9.86. The monoisotopic (exact) mass is 113 g/mol. The lowest BCUT2D eigenvalue weighted by Gasteiger charge is -1.96. The molecule has 1 radical (unpaired) electrons. The lowest BCUT2D eigenvalue weighted by atomic mass is 10.3. The van der Waals surface area contributed by atoms with E-state index in [1.807, 2.05) is 0 Å². The molecule has 3 nitrogen and oxygen atoms in total. The van der Waals surface area contributed by atoms with Crippen molar-refractivity contribution in [3.63, 3.8) is 0 Å². The van der Waals surface area contributed by atoms with Gasteiger partial charge in [-0.15, -0.1) is 0 Å². The predicted octanol–water partition coefficient (Wildman–Crippen LogP) is 0.555. The molecule has 0 unspecified atom stereocenters. The number of carbonyl (C=O) groups excluding carboxylic acids is 1. The second-order valence-electron chi connectivity index (χ2n) is 1.64. The number of urea groups is 1. The first-order valence-electron chi connectivity index (χ1n) is 2.26. The van der Waals surface area contributed by atoms with Gasteiger partial charge in [0, 0.05) is 6.54 Å². The van der Waals surface area contributed by atoms with E-state index in [1.165, 1.54) is 0 Å². The second kappa shape index (κ2) is 3.07. The number of amides is 2. The Morgan fingerprint density at radius 2 is 2.38 bits per heavy atom. The Hall–Kier alpha value is -0.990.